The molecule has 1 aromatic rings. The van der Waals surface area contributed by atoms with E-state index in [0.29, 0.717) is 11.1 Å². The molecule has 0 saturated carbocycles. The summed E-state index contributed by atoms with van der Waals surface area (Å²) in [6.07, 6.45) is 0. The average molecular weight is 222 g/mol. The fourth-order valence-electron chi connectivity index (χ4n) is 1.10. The molecule has 0 aliphatic carbocycles. The van der Waals surface area contributed by atoms with E-state index in [4.69, 9.17) is 5.11 Å². The summed E-state index contributed by atoms with van der Waals surface area (Å²) in [4.78, 5) is 21.9. The lowest BCUT2D eigenvalue weighted by atomic mass is 10.1. The van der Waals surface area contributed by atoms with Gasteiger partial charge in [0.1, 0.15) is 0 Å². The van der Waals surface area contributed by atoms with Gasteiger partial charge in [-0.3, -0.25) is 4.79 Å². The van der Waals surface area contributed by atoms with Gasteiger partial charge < -0.3 is 20.3 Å². The summed E-state index contributed by atoms with van der Waals surface area (Å²) < 4.78 is 0. The topological polar surface area (TPSA) is 89.5 Å². The molecule has 0 heterocycles. The van der Waals surface area contributed by atoms with E-state index in [1.54, 1.807) is 12.1 Å². The van der Waals surface area contributed by atoms with Crippen molar-refractivity contribution in [2.45, 2.75) is 19.6 Å². The molecular weight excluding hydrogens is 210 g/mol. The Kier molecular flexibility index (Phi) is 4.02. The van der Waals surface area contributed by atoms with Gasteiger partial charge in [-0.25, -0.2) is 0 Å². The molecule has 5 nitrogen and oxygen atoms in total. The molecule has 1 amide bonds. The Hall–Kier alpha value is -1.88. The SMILES string of the molecule is C[C@@H](NC(=O)c1ccc(CO)cc1)C(=O)[O-]. The molecule has 16 heavy (non-hydrogen) atoms. The molecule has 0 fully saturated rings. The average Bonchev–Trinajstić information content (AvgIpc) is 2.28. The van der Waals surface area contributed by atoms with Crippen LogP contribution in [0.15, 0.2) is 24.3 Å². The molecule has 0 radical (unpaired) electrons. The van der Waals surface area contributed by atoms with Gasteiger partial charge in [0.2, 0.25) is 0 Å². The van der Waals surface area contributed by atoms with Crippen LogP contribution in [0, 0.1) is 0 Å². The molecule has 0 bridgehead atoms. The number of aliphatic hydroxyl groups excluding tert-OH is 1. The molecule has 1 aromatic carbocycles. The lowest BCUT2D eigenvalue weighted by Gasteiger charge is -2.14. The van der Waals surface area contributed by atoms with Crippen LogP contribution >= 0.6 is 0 Å². The van der Waals surface area contributed by atoms with Crippen molar-refractivity contribution in [3.8, 4) is 0 Å². The highest BCUT2D eigenvalue weighted by Crippen LogP contribution is 2.04. The monoisotopic (exact) mass is 222 g/mol. The van der Waals surface area contributed by atoms with Crippen molar-refractivity contribution in [1.82, 2.24) is 5.32 Å². The number of aliphatic hydroxyl groups is 1. The van der Waals surface area contributed by atoms with Crippen molar-refractivity contribution < 1.29 is 19.8 Å². The third-order valence-corrected chi connectivity index (χ3v) is 2.10. The molecule has 0 saturated heterocycles. The molecule has 0 spiro atoms. The predicted octanol–water partition coefficient (Wildman–Crippen LogP) is -0.953. The van der Waals surface area contributed by atoms with Crippen LogP contribution in [0.25, 0.3) is 0 Å². The van der Waals surface area contributed by atoms with E-state index in [1.165, 1.54) is 19.1 Å². The van der Waals surface area contributed by atoms with E-state index in [1.807, 2.05) is 0 Å². The van der Waals surface area contributed by atoms with Gasteiger partial charge >= 0.3 is 0 Å². The van der Waals surface area contributed by atoms with Gasteiger partial charge in [0, 0.05) is 5.56 Å². The number of amides is 1. The van der Waals surface area contributed by atoms with Crippen LogP contribution in [0.1, 0.15) is 22.8 Å². The fraction of sp³-hybridized carbons (Fsp3) is 0.273. The van der Waals surface area contributed by atoms with Crippen molar-refractivity contribution in [3.63, 3.8) is 0 Å². The minimum atomic E-state index is -1.33. The molecule has 0 aliphatic rings. The summed E-state index contributed by atoms with van der Waals surface area (Å²) >= 11 is 0. The Morgan fingerprint density at radius 1 is 1.38 bits per heavy atom. The molecular formula is C11H12NO4-. The third-order valence-electron chi connectivity index (χ3n) is 2.10. The van der Waals surface area contributed by atoms with Gasteiger partial charge in [-0.05, 0) is 24.6 Å². The van der Waals surface area contributed by atoms with Gasteiger partial charge in [0.05, 0.1) is 18.6 Å². The first-order valence-corrected chi connectivity index (χ1v) is 4.76. The zero-order chi connectivity index (χ0) is 12.1. The maximum atomic E-state index is 11.5. The number of aliphatic carboxylic acids is 1. The first-order chi connectivity index (χ1) is 7.54. The highest BCUT2D eigenvalue weighted by atomic mass is 16.4. The summed E-state index contributed by atoms with van der Waals surface area (Å²) in [5.74, 6) is -1.82. The summed E-state index contributed by atoms with van der Waals surface area (Å²) in [5.41, 5.74) is 1.02. The van der Waals surface area contributed by atoms with E-state index in [9.17, 15) is 14.7 Å². The number of carboxylic acid groups (broad SMARTS) is 1. The Balaban J connectivity index is 2.69. The number of nitrogens with one attached hydrogen (secondary N) is 1. The molecule has 1 atom stereocenters. The minimum absolute atomic E-state index is 0.0999. The molecule has 0 aromatic heterocycles. The summed E-state index contributed by atoms with van der Waals surface area (Å²) in [5, 5.41) is 21.5. The zero-order valence-corrected chi connectivity index (χ0v) is 8.77. The van der Waals surface area contributed by atoms with Gasteiger partial charge in [-0.2, -0.15) is 0 Å². The van der Waals surface area contributed by atoms with Gasteiger partial charge in [-0.15, -0.1) is 0 Å². The van der Waals surface area contributed by atoms with Gasteiger partial charge in [0.25, 0.3) is 5.91 Å². The van der Waals surface area contributed by atoms with E-state index in [-0.39, 0.29) is 6.61 Å². The highest BCUT2D eigenvalue weighted by Gasteiger charge is 2.09. The Labute approximate surface area is 92.7 Å². The van der Waals surface area contributed by atoms with Crippen molar-refractivity contribution in [3.05, 3.63) is 35.4 Å². The van der Waals surface area contributed by atoms with Crippen LogP contribution in [0.4, 0.5) is 0 Å². The van der Waals surface area contributed by atoms with Crippen molar-refractivity contribution in [2.24, 2.45) is 0 Å². The van der Waals surface area contributed by atoms with E-state index < -0.39 is 17.9 Å². The van der Waals surface area contributed by atoms with Crippen LogP contribution in [0.5, 0.6) is 0 Å². The number of benzene rings is 1. The second-order valence-electron chi connectivity index (χ2n) is 3.37. The number of hydrogen-bond donors (Lipinski definition) is 2. The molecule has 1 rings (SSSR count). The highest BCUT2D eigenvalue weighted by molar-refractivity contribution is 5.96. The van der Waals surface area contributed by atoms with Gasteiger partial charge in [-0.1, -0.05) is 12.1 Å². The summed E-state index contributed by atoms with van der Waals surface area (Å²) in [7, 11) is 0. The number of carboxylic acids is 1. The second-order valence-corrected chi connectivity index (χ2v) is 3.37. The quantitative estimate of drug-likeness (QED) is 0.687. The van der Waals surface area contributed by atoms with E-state index in [2.05, 4.69) is 5.32 Å². The van der Waals surface area contributed by atoms with Gasteiger partial charge in [0.15, 0.2) is 0 Å². The lowest BCUT2D eigenvalue weighted by molar-refractivity contribution is -0.307. The van der Waals surface area contributed by atoms with Crippen molar-refractivity contribution >= 4 is 11.9 Å². The molecule has 5 heteroatoms. The number of carbonyl (C=O) groups excluding carboxylic acids is 2. The normalized spacial score (nSPS) is 11.9. The Morgan fingerprint density at radius 2 is 1.94 bits per heavy atom. The summed E-state index contributed by atoms with van der Waals surface area (Å²) in [6.45, 7) is 1.23. The molecule has 0 aliphatic heterocycles. The standard InChI is InChI=1S/C11H13NO4/c1-7(11(15)16)12-10(14)9-4-2-8(6-13)3-5-9/h2-5,7,13H,6H2,1H3,(H,12,14)(H,15,16)/p-1/t7-/m1/s1. The maximum absolute atomic E-state index is 11.5. The van der Waals surface area contributed by atoms with Crippen LogP contribution in [-0.4, -0.2) is 23.0 Å². The number of hydrogen-bond acceptors (Lipinski definition) is 4. The first-order valence-electron chi connectivity index (χ1n) is 4.76. The molecule has 0 unspecified atom stereocenters. The van der Waals surface area contributed by atoms with Crippen molar-refractivity contribution in [1.29, 1.82) is 0 Å². The second kappa shape index (κ2) is 5.27. The zero-order valence-electron chi connectivity index (χ0n) is 8.77. The lowest BCUT2D eigenvalue weighted by Crippen LogP contribution is -2.45. The first kappa shape index (κ1) is 12.2. The molecule has 86 valence electrons. The van der Waals surface area contributed by atoms with E-state index in [0.717, 1.165) is 0 Å². The number of rotatable bonds is 4. The molecule has 2 N–H and O–H groups in total. The third kappa shape index (κ3) is 3.06. The van der Waals surface area contributed by atoms with Crippen LogP contribution in [-0.2, 0) is 11.4 Å². The minimum Gasteiger partial charge on any atom is -0.548 e. The fourth-order valence-corrected chi connectivity index (χ4v) is 1.10. The Bertz CT molecular complexity index is 385. The Morgan fingerprint density at radius 3 is 2.38 bits per heavy atom. The van der Waals surface area contributed by atoms with Crippen molar-refractivity contribution in [2.75, 3.05) is 0 Å². The predicted molar refractivity (Wildman–Crippen MR) is 54.3 cm³/mol. The summed E-state index contributed by atoms with van der Waals surface area (Å²) in [6, 6.07) is 5.19. The van der Waals surface area contributed by atoms with E-state index >= 15 is 0 Å². The number of carbonyl (C=O) groups is 2. The largest absolute Gasteiger partial charge is 0.548 e. The van der Waals surface area contributed by atoms with Crippen LogP contribution in [0.2, 0.25) is 0 Å². The smallest absolute Gasteiger partial charge is 0.251 e. The van der Waals surface area contributed by atoms with Crippen LogP contribution < -0.4 is 10.4 Å². The maximum Gasteiger partial charge on any atom is 0.251 e. The van der Waals surface area contributed by atoms with Crippen LogP contribution in [0.3, 0.4) is 0 Å².